The van der Waals surface area contributed by atoms with Crippen molar-refractivity contribution in [2.75, 3.05) is 50.7 Å². The number of esters is 1. The molecule has 0 aliphatic carbocycles. The number of amides is 1. The summed E-state index contributed by atoms with van der Waals surface area (Å²) in [7, 11) is 0. The van der Waals surface area contributed by atoms with Crippen molar-refractivity contribution in [1.82, 2.24) is 29.5 Å². The van der Waals surface area contributed by atoms with Crippen LogP contribution in [0.4, 0.5) is 5.82 Å². The molecule has 4 aliphatic rings. The van der Waals surface area contributed by atoms with Crippen molar-refractivity contribution in [1.29, 1.82) is 0 Å². The number of anilines is 1. The van der Waals surface area contributed by atoms with Crippen LogP contribution in [0.1, 0.15) is 91.0 Å². The monoisotopic (exact) mass is 750 g/mol. The first-order valence-electron chi connectivity index (χ1n) is 19.8. The van der Waals surface area contributed by atoms with E-state index in [1.54, 1.807) is 35.8 Å². The summed E-state index contributed by atoms with van der Waals surface area (Å²) < 4.78 is 6.85. The third-order valence-electron chi connectivity index (χ3n) is 12.3. The second-order valence-corrected chi connectivity index (χ2v) is 15.6. The van der Waals surface area contributed by atoms with E-state index in [4.69, 9.17) is 15.5 Å². The molecular formula is C41H50N8O6. The van der Waals surface area contributed by atoms with E-state index in [9.17, 15) is 24.6 Å². The quantitative estimate of drug-likeness (QED) is 0.125. The largest absolute Gasteiger partial charge is 0.508 e. The Morgan fingerprint density at radius 3 is 2.45 bits per heavy atom. The minimum atomic E-state index is -1.87. The van der Waals surface area contributed by atoms with Crippen LogP contribution in [0.3, 0.4) is 0 Å². The minimum Gasteiger partial charge on any atom is -0.508 e. The van der Waals surface area contributed by atoms with Gasteiger partial charge >= 0.3 is 5.97 Å². The van der Waals surface area contributed by atoms with E-state index in [1.165, 1.54) is 32.1 Å². The molecule has 14 heteroatoms. The first kappa shape index (κ1) is 37.0. The summed E-state index contributed by atoms with van der Waals surface area (Å²) in [5.74, 6) is 0.502. The number of carbonyl (C=O) groups is 2. The molecule has 7 heterocycles. The van der Waals surface area contributed by atoms with Crippen LogP contribution < -0.4 is 16.2 Å². The van der Waals surface area contributed by atoms with E-state index in [0.717, 1.165) is 92.4 Å². The van der Waals surface area contributed by atoms with E-state index in [-0.39, 0.29) is 30.0 Å². The van der Waals surface area contributed by atoms with Gasteiger partial charge < -0.3 is 35.1 Å². The molecule has 0 unspecified atom stereocenters. The summed E-state index contributed by atoms with van der Waals surface area (Å²) in [5, 5.41) is 31.2. The highest BCUT2D eigenvalue weighted by Gasteiger charge is 2.45. The number of hydrogen-bond donors (Lipinski definition) is 3. The summed E-state index contributed by atoms with van der Waals surface area (Å²) in [4.78, 5) is 49.6. The molecule has 8 rings (SSSR count). The molecule has 55 heavy (non-hydrogen) atoms. The lowest BCUT2D eigenvalue weighted by atomic mass is 9.86. The van der Waals surface area contributed by atoms with Gasteiger partial charge in [0.2, 0.25) is 0 Å². The number of carbonyl (C=O) groups excluding carboxylic acids is 2. The fourth-order valence-corrected chi connectivity index (χ4v) is 8.86. The van der Waals surface area contributed by atoms with Crippen molar-refractivity contribution in [3.8, 4) is 17.1 Å². The summed E-state index contributed by atoms with van der Waals surface area (Å²) in [6.45, 7) is 9.31. The molecule has 14 nitrogen and oxygen atoms in total. The van der Waals surface area contributed by atoms with Crippen LogP contribution in [0, 0.1) is 5.92 Å². The molecule has 3 aromatic heterocycles. The molecule has 0 bridgehead atoms. The lowest BCUT2D eigenvalue weighted by Crippen LogP contribution is -2.46. The highest BCUT2D eigenvalue weighted by atomic mass is 16.6. The van der Waals surface area contributed by atoms with Gasteiger partial charge in [0.15, 0.2) is 17.1 Å². The zero-order valence-electron chi connectivity index (χ0n) is 31.5. The Hall–Kier alpha value is -4.92. The van der Waals surface area contributed by atoms with Crippen LogP contribution in [0.5, 0.6) is 5.75 Å². The van der Waals surface area contributed by atoms with Gasteiger partial charge in [-0.1, -0.05) is 32.6 Å². The number of rotatable bonds is 12. The number of piperidine rings is 1. The number of primary amides is 1. The van der Waals surface area contributed by atoms with E-state index >= 15 is 0 Å². The molecule has 0 radical (unpaired) electrons. The van der Waals surface area contributed by atoms with Crippen molar-refractivity contribution in [2.24, 2.45) is 11.7 Å². The standard InChI is InChI=1S/C41H50N8O6/c1-2-41(54)31-22-34-37-27(23-49(34)39(52)30(31)25-55-40(41)53)21-28-29(35(50)10-8-32(28)43-37)24-47-19-17-46(18-20-47)14-6-4-3-5-7-26-12-15-48(16-13-26)36-11-9-33(38(42)51)44-45-36/h8-11,21-22,26,50,54H,2-7,12-20,23-25H2,1H3,(H2,42,51)/t41-/m0/s1. The molecule has 290 valence electrons. The van der Waals surface area contributed by atoms with Gasteiger partial charge in [0.05, 0.1) is 29.0 Å². The number of fused-ring (bicyclic) bond motifs is 5. The smallest absolute Gasteiger partial charge is 0.343 e. The van der Waals surface area contributed by atoms with Crippen molar-refractivity contribution in [3.05, 3.63) is 74.7 Å². The van der Waals surface area contributed by atoms with Crippen molar-refractivity contribution < 1.29 is 24.5 Å². The fourth-order valence-electron chi connectivity index (χ4n) is 8.86. The van der Waals surface area contributed by atoms with Crippen LogP contribution in [0.25, 0.3) is 22.3 Å². The second kappa shape index (κ2) is 15.3. The number of piperazine rings is 1. The Morgan fingerprint density at radius 2 is 1.73 bits per heavy atom. The molecule has 4 aliphatic heterocycles. The highest BCUT2D eigenvalue weighted by Crippen LogP contribution is 2.40. The Kier molecular flexibility index (Phi) is 10.3. The van der Waals surface area contributed by atoms with Crippen molar-refractivity contribution >= 4 is 28.6 Å². The number of aromatic hydroxyl groups is 1. The van der Waals surface area contributed by atoms with E-state index in [0.29, 0.717) is 35.6 Å². The van der Waals surface area contributed by atoms with Gasteiger partial charge in [0, 0.05) is 67.9 Å². The average molecular weight is 751 g/mol. The number of hydrogen-bond acceptors (Lipinski definition) is 12. The van der Waals surface area contributed by atoms with E-state index in [2.05, 4.69) is 24.9 Å². The predicted octanol–water partition coefficient (Wildman–Crippen LogP) is 3.66. The Labute approximate surface area is 319 Å². The molecule has 2 saturated heterocycles. The maximum absolute atomic E-state index is 13.6. The zero-order valence-corrected chi connectivity index (χ0v) is 31.5. The molecule has 2 fully saturated rings. The summed E-state index contributed by atoms with van der Waals surface area (Å²) in [5.41, 5.74) is 7.58. The number of pyridine rings is 2. The third kappa shape index (κ3) is 7.18. The number of phenolic OH excluding ortho intramolecular Hbond substituents is 1. The first-order chi connectivity index (χ1) is 26.6. The van der Waals surface area contributed by atoms with Crippen LogP contribution >= 0.6 is 0 Å². The molecule has 1 aromatic carbocycles. The van der Waals surface area contributed by atoms with Gasteiger partial charge in [-0.15, -0.1) is 10.2 Å². The minimum absolute atomic E-state index is 0.0931. The van der Waals surface area contributed by atoms with Crippen molar-refractivity contribution in [3.63, 3.8) is 0 Å². The number of nitrogens with two attached hydrogens (primary N) is 1. The van der Waals surface area contributed by atoms with Gasteiger partial charge in [-0.2, -0.15) is 0 Å². The summed E-state index contributed by atoms with van der Waals surface area (Å²) >= 11 is 0. The zero-order chi connectivity index (χ0) is 38.3. The van der Waals surface area contributed by atoms with E-state index in [1.807, 2.05) is 12.1 Å². The maximum Gasteiger partial charge on any atom is 0.343 e. The Balaban J connectivity index is 0.806. The maximum atomic E-state index is 13.6. The Bertz CT molecular complexity index is 2160. The highest BCUT2D eigenvalue weighted by molar-refractivity contribution is 5.91. The van der Waals surface area contributed by atoms with Gasteiger partial charge in [-0.05, 0) is 74.5 Å². The number of phenols is 1. The van der Waals surface area contributed by atoms with Crippen LogP contribution in [0.15, 0.2) is 41.2 Å². The average Bonchev–Trinajstić information content (AvgIpc) is 3.56. The predicted molar refractivity (Wildman–Crippen MR) is 206 cm³/mol. The van der Waals surface area contributed by atoms with E-state index < -0.39 is 17.5 Å². The normalized spacial score (nSPS) is 20.3. The number of cyclic esters (lactones) is 1. The van der Waals surface area contributed by atoms with Crippen LogP contribution in [-0.2, 0) is 34.8 Å². The number of unbranched alkanes of at least 4 members (excludes halogenated alkanes) is 3. The Morgan fingerprint density at radius 1 is 0.964 bits per heavy atom. The number of nitrogens with zero attached hydrogens (tertiary/aromatic N) is 7. The van der Waals surface area contributed by atoms with Gasteiger partial charge in [-0.3, -0.25) is 14.5 Å². The molecule has 4 aromatic rings. The second-order valence-electron chi connectivity index (χ2n) is 15.6. The number of benzene rings is 1. The van der Waals surface area contributed by atoms with Gasteiger partial charge in [-0.25, -0.2) is 9.78 Å². The topological polar surface area (TPSA) is 180 Å². The number of aromatic nitrogens is 4. The molecule has 1 atom stereocenters. The van der Waals surface area contributed by atoms with Gasteiger partial charge in [0.1, 0.15) is 12.4 Å². The lowest BCUT2D eigenvalue weighted by molar-refractivity contribution is -0.172. The number of ether oxygens (including phenoxy) is 1. The van der Waals surface area contributed by atoms with Crippen LogP contribution in [-0.4, -0.2) is 97.5 Å². The van der Waals surface area contributed by atoms with Gasteiger partial charge in [0.25, 0.3) is 11.5 Å². The molecule has 0 saturated carbocycles. The molecule has 1 amide bonds. The third-order valence-corrected chi connectivity index (χ3v) is 12.3. The molecule has 0 spiro atoms. The lowest BCUT2D eigenvalue weighted by Gasteiger charge is -2.35. The first-order valence-corrected chi connectivity index (χ1v) is 19.8. The molecule has 4 N–H and O–H groups in total. The summed E-state index contributed by atoms with van der Waals surface area (Å²) in [6.07, 6.45) is 8.64. The number of aliphatic hydroxyl groups is 1. The van der Waals surface area contributed by atoms with Crippen molar-refractivity contribution in [2.45, 2.75) is 83.6 Å². The SMILES string of the molecule is CC[C@@]1(O)C(=O)OCc2c1cc1n(c2=O)Cc2cc3c(CN4CCN(CCCCCCC5CCN(c6ccc(C(N)=O)nn6)CC5)CC4)c(O)ccc3nc2-1. The van der Waals surface area contributed by atoms with Crippen LogP contribution in [0.2, 0.25) is 0 Å². The summed E-state index contributed by atoms with van der Waals surface area (Å²) in [6, 6.07) is 10.7. The molecular weight excluding hydrogens is 701 g/mol. The fraction of sp³-hybridized carbons (Fsp3) is 0.512.